The Balaban J connectivity index is 1.60. The van der Waals surface area contributed by atoms with Crippen LogP contribution in [-0.4, -0.2) is 31.7 Å². The van der Waals surface area contributed by atoms with Crippen molar-refractivity contribution in [2.24, 2.45) is 5.92 Å². The summed E-state index contributed by atoms with van der Waals surface area (Å²) in [5.74, 6) is -0.529. The average Bonchev–Trinajstić information content (AvgIpc) is 2.65. The maximum absolute atomic E-state index is 12.8. The van der Waals surface area contributed by atoms with E-state index in [1.165, 1.54) is 4.31 Å². The highest BCUT2D eigenvalue weighted by Gasteiger charge is 2.32. The van der Waals surface area contributed by atoms with Crippen LogP contribution in [0.1, 0.15) is 24.0 Å². The first-order chi connectivity index (χ1) is 13.3. The van der Waals surface area contributed by atoms with Crippen molar-refractivity contribution < 1.29 is 13.2 Å². The fourth-order valence-corrected chi connectivity index (χ4v) is 5.62. The summed E-state index contributed by atoms with van der Waals surface area (Å²) >= 11 is 12.2. The minimum Gasteiger partial charge on any atom is -0.326 e. The summed E-state index contributed by atoms with van der Waals surface area (Å²) < 4.78 is 27.0. The molecule has 0 aliphatic carbocycles. The molecule has 0 saturated carbocycles. The van der Waals surface area contributed by atoms with Crippen molar-refractivity contribution in [2.45, 2.75) is 25.5 Å². The second kappa shape index (κ2) is 8.82. The van der Waals surface area contributed by atoms with Gasteiger partial charge in [-0.2, -0.15) is 0 Å². The number of amides is 1. The van der Waals surface area contributed by atoms with Crippen LogP contribution in [0.4, 0.5) is 5.69 Å². The van der Waals surface area contributed by atoms with Gasteiger partial charge in [-0.15, -0.1) is 0 Å². The molecule has 0 aromatic heterocycles. The normalized spacial score (nSPS) is 16.1. The van der Waals surface area contributed by atoms with Crippen molar-refractivity contribution in [3.05, 3.63) is 63.6 Å². The number of rotatable bonds is 5. The number of carbonyl (C=O) groups excluding carboxylic acids is 1. The number of hydrogen-bond acceptors (Lipinski definition) is 3. The quantitative estimate of drug-likeness (QED) is 0.744. The fourth-order valence-electron chi connectivity index (χ4n) is 3.31. The lowest BCUT2D eigenvalue weighted by atomic mass is 9.97. The van der Waals surface area contributed by atoms with Gasteiger partial charge in [0.15, 0.2) is 0 Å². The molecule has 1 aliphatic heterocycles. The van der Waals surface area contributed by atoms with Gasteiger partial charge in [-0.1, -0.05) is 41.4 Å². The van der Waals surface area contributed by atoms with Crippen LogP contribution in [0.15, 0.2) is 42.5 Å². The van der Waals surface area contributed by atoms with Crippen molar-refractivity contribution in [3.63, 3.8) is 0 Å². The van der Waals surface area contributed by atoms with Crippen LogP contribution in [0.3, 0.4) is 0 Å². The van der Waals surface area contributed by atoms with Gasteiger partial charge in [-0.05, 0) is 49.6 Å². The van der Waals surface area contributed by atoms with Crippen molar-refractivity contribution in [1.29, 1.82) is 0 Å². The predicted molar refractivity (Wildman–Crippen MR) is 113 cm³/mol. The van der Waals surface area contributed by atoms with Crippen LogP contribution < -0.4 is 5.32 Å². The topological polar surface area (TPSA) is 66.5 Å². The summed E-state index contributed by atoms with van der Waals surface area (Å²) in [6.07, 6.45) is 0.959. The Hall–Kier alpha value is -1.60. The molecule has 1 saturated heterocycles. The number of benzene rings is 2. The van der Waals surface area contributed by atoms with Crippen LogP contribution in [0.2, 0.25) is 10.0 Å². The van der Waals surface area contributed by atoms with E-state index >= 15 is 0 Å². The van der Waals surface area contributed by atoms with E-state index in [2.05, 4.69) is 5.32 Å². The molecule has 2 aromatic rings. The molecule has 150 valence electrons. The van der Waals surface area contributed by atoms with Crippen LogP contribution >= 0.6 is 23.2 Å². The van der Waals surface area contributed by atoms with E-state index in [1.807, 2.05) is 31.2 Å². The highest BCUT2D eigenvalue weighted by atomic mass is 35.5. The Bertz CT molecular complexity index is 951. The van der Waals surface area contributed by atoms with Gasteiger partial charge in [-0.3, -0.25) is 4.79 Å². The minimum atomic E-state index is -3.56. The lowest BCUT2D eigenvalue weighted by Gasteiger charge is -2.30. The van der Waals surface area contributed by atoms with E-state index in [1.54, 1.807) is 18.2 Å². The van der Waals surface area contributed by atoms with E-state index < -0.39 is 10.0 Å². The van der Waals surface area contributed by atoms with Gasteiger partial charge >= 0.3 is 0 Å². The molecule has 0 bridgehead atoms. The smallest absolute Gasteiger partial charge is 0.227 e. The first-order valence-corrected chi connectivity index (χ1v) is 11.4. The number of anilines is 1. The average molecular weight is 441 g/mol. The monoisotopic (exact) mass is 440 g/mol. The molecule has 8 heteroatoms. The van der Waals surface area contributed by atoms with Crippen molar-refractivity contribution in [3.8, 4) is 0 Å². The molecule has 1 heterocycles. The molecule has 0 unspecified atom stereocenters. The summed E-state index contributed by atoms with van der Waals surface area (Å²) in [6.45, 7) is 2.57. The zero-order chi connectivity index (χ0) is 20.3. The van der Waals surface area contributed by atoms with E-state index in [4.69, 9.17) is 23.2 Å². The SMILES string of the molecule is Cc1cccc(NC(=O)C2CCN(S(=O)(=O)Cc3c(Cl)cccc3Cl)CC2)c1. The second-order valence-electron chi connectivity index (χ2n) is 6.99. The van der Waals surface area contributed by atoms with E-state index in [0.717, 1.165) is 11.3 Å². The highest BCUT2D eigenvalue weighted by molar-refractivity contribution is 7.88. The molecule has 1 N–H and O–H groups in total. The molecule has 1 aliphatic rings. The van der Waals surface area contributed by atoms with Crippen molar-refractivity contribution in [1.82, 2.24) is 4.31 Å². The minimum absolute atomic E-state index is 0.0724. The second-order valence-corrected chi connectivity index (χ2v) is 9.77. The van der Waals surface area contributed by atoms with Crippen molar-refractivity contribution in [2.75, 3.05) is 18.4 Å². The first kappa shape index (κ1) is 21.1. The summed E-state index contributed by atoms with van der Waals surface area (Å²) in [5.41, 5.74) is 2.23. The van der Waals surface area contributed by atoms with Gasteiger partial charge in [0.05, 0.1) is 5.75 Å². The molecule has 5 nitrogen and oxygen atoms in total. The van der Waals surface area contributed by atoms with Gasteiger partial charge in [-0.25, -0.2) is 12.7 Å². The lowest BCUT2D eigenvalue weighted by molar-refractivity contribution is -0.120. The van der Waals surface area contributed by atoms with E-state index in [9.17, 15) is 13.2 Å². The maximum Gasteiger partial charge on any atom is 0.227 e. The molecule has 0 spiro atoms. The zero-order valence-electron chi connectivity index (χ0n) is 15.5. The number of nitrogens with zero attached hydrogens (tertiary/aromatic N) is 1. The van der Waals surface area contributed by atoms with E-state index in [0.29, 0.717) is 41.5 Å². The molecule has 1 amide bonds. The van der Waals surface area contributed by atoms with Crippen molar-refractivity contribution >= 4 is 44.8 Å². The van der Waals surface area contributed by atoms with Crippen LogP contribution in [0.5, 0.6) is 0 Å². The summed E-state index contributed by atoms with van der Waals surface area (Å²) in [5, 5.41) is 3.59. The summed E-state index contributed by atoms with van der Waals surface area (Å²) in [6, 6.07) is 12.5. The van der Waals surface area contributed by atoms with Crippen LogP contribution in [0, 0.1) is 12.8 Å². The third-order valence-electron chi connectivity index (χ3n) is 4.89. The fraction of sp³-hybridized carbons (Fsp3) is 0.350. The van der Waals surface area contributed by atoms with Crippen LogP contribution in [0.25, 0.3) is 0 Å². The predicted octanol–water partition coefficient (Wildman–Crippen LogP) is 4.48. The third-order valence-corrected chi connectivity index (χ3v) is 7.41. The van der Waals surface area contributed by atoms with E-state index in [-0.39, 0.29) is 17.6 Å². The summed E-state index contributed by atoms with van der Waals surface area (Å²) in [4.78, 5) is 12.5. The molecular formula is C20H22Cl2N2O3S. The molecule has 0 radical (unpaired) electrons. The van der Waals surface area contributed by atoms with Crippen LogP contribution in [-0.2, 0) is 20.6 Å². The third kappa shape index (κ3) is 5.06. The number of sulfonamides is 1. The van der Waals surface area contributed by atoms with Gasteiger partial charge in [0.1, 0.15) is 0 Å². The Kier molecular flexibility index (Phi) is 6.65. The Morgan fingerprint density at radius 1 is 1.11 bits per heavy atom. The molecule has 2 aromatic carbocycles. The number of nitrogens with one attached hydrogen (secondary N) is 1. The molecule has 0 atom stereocenters. The molecule has 3 rings (SSSR count). The maximum atomic E-state index is 12.8. The largest absolute Gasteiger partial charge is 0.326 e. The summed E-state index contributed by atoms with van der Waals surface area (Å²) in [7, 11) is -3.56. The number of halogens is 2. The number of piperidine rings is 1. The number of carbonyl (C=O) groups is 1. The Labute approximate surface area is 175 Å². The number of hydrogen-bond donors (Lipinski definition) is 1. The molecule has 28 heavy (non-hydrogen) atoms. The van der Waals surface area contributed by atoms with Gasteiger partial charge in [0.2, 0.25) is 15.9 Å². The van der Waals surface area contributed by atoms with Gasteiger partial charge in [0.25, 0.3) is 0 Å². The lowest BCUT2D eigenvalue weighted by Crippen LogP contribution is -2.42. The highest BCUT2D eigenvalue weighted by Crippen LogP contribution is 2.29. The standard InChI is InChI=1S/C20H22Cl2N2O3S/c1-14-4-2-5-16(12-14)23-20(25)15-8-10-24(11-9-15)28(26,27)13-17-18(21)6-3-7-19(17)22/h2-7,12,15H,8-11,13H2,1H3,(H,23,25). The molecule has 1 fully saturated rings. The van der Waals surface area contributed by atoms with Gasteiger partial charge in [0, 0.05) is 40.3 Å². The Morgan fingerprint density at radius 2 is 1.71 bits per heavy atom. The number of aryl methyl sites for hydroxylation is 1. The Morgan fingerprint density at radius 3 is 2.32 bits per heavy atom. The molecular weight excluding hydrogens is 419 g/mol. The van der Waals surface area contributed by atoms with Gasteiger partial charge < -0.3 is 5.32 Å². The zero-order valence-corrected chi connectivity index (χ0v) is 17.8. The first-order valence-electron chi connectivity index (χ1n) is 9.04.